The minimum absolute atomic E-state index is 0.0557. The van der Waals surface area contributed by atoms with E-state index in [4.69, 9.17) is 22.1 Å². The zero-order valence-corrected chi connectivity index (χ0v) is 13.3. The molecule has 2 aromatic rings. The summed E-state index contributed by atoms with van der Waals surface area (Å²) in [5, 5.41) is 2.46. The van der Waals surface area contributed by atoms with Crippen LogP contribution in [-0.2, 0) is 11.3 Å². The smallest absolute Gasteiger partial charge is 0.274 e. The van der Waals surface area contributed by atoms with Crippen LogP contribution in [0.15, 0.2) is 35.4 Å². The van der Waals surface area contributed by atoms with Gasteiger partial charge >= 0.3 is 0 Å². The third kappa shape index (κ3) is 4.72. The van der Waals surface area contributed by atoms with Crippen LogP contribution >= 0.6 is 11.6 Å². The third-order valence-electron chi connectivity index (χ3n) is 3.01. The molecule has 0 aliphatic heterocycles. The minimum Gasteiger partial charge on any atom is -0.492 e. The lowest BCUT2D eigenvalue weighted by molar-refractivity contribution is -0.121. The van der Waals surface area contributed by atoms with E-state index in [9.17, 15) is 9.59 Å². The predicted molar refractivity (Wildman–Crippen MR) is 87.6 cm³/mol. The second-order valence-electron chi connectivity index (χ2n) is 4.89. The maximum Gasteiger partial charge on any atom is 0.274 e. The van der Waals surface area contributed by atoms with Gasteiger partial charge in [-0.05, 0) is 24.6 Å². The Labute approximate surface area is 138 Å². The largest absolute Gasteiger partial charge is 0.492 e. The number of anilines is 1. The van der Waals surface area contributed by atoms with Crippen LogP contribution in [0.25, 0.3) is 0 Å². The first-order valence-electron chi connectivity index (χ1n) is 6.94. The van der Waals surface area contributed by atoms with Crippen LogP contribution in [0, 0.1) is 6.92 Å². The number of halogens is 1. The van der Waals surface area contributed by atoms with E-state index in [1.807, 2.05) is 31.2 Å². The molecular weight excluding hydrogens is 320 g/mol. The molecule has 23 heavy (non-hydrogen) atoms. The summed E-state index contributed by atoms with van der Waals surface area (Å²) in [6.07, 6.45) is 1.19. The molecule has 2 rings (SSSR count). The normalized spacial score (nSPS) is 10.3. The molecule has 0 aliphatic rings. The summed E-state index contributed by atoms with van der Waals surface area (Å²) in [5.41, 5.74) is 5.96. The molecule has 0 bridgehead atoms. The zero-order chi connectivity index (χ0) is 16.8. The summed E-state index contributed by atoms with van der Waals surface area (Å²) in [6.45, 7) is 2.43. The molecular formula is C15H17ClN4O3. The number of benzene rings is 1. The molecule has 8 heteroatoms. The Morgan fingerprint density at radius 2 is 2.26 bits per heavy atom. The van der Waals surface area contributed by atoms with Crippen molar-refractivity contribution < 1.29 is 9.53 Å². The molecule has 1 heterocycles. The summed E-state index contributed by atoms with van der Waals surface area (Å²) in [7, 11) is 0. The molecule has 7 nitrogen and oxygen atoms in total. The van der Waals surface area contributed by atoms with Crippen LogP contribution in [-0.4, -0.2) is 28.6 Å². The number of nitrogens with one attached hydrogen (secondary N) is 1. The quantitative estimate of drug-likeness (QED) is 0.766. The van der Waals surface area contributed by atoms with E-state index >= 15 is 0 Å². The first-order chi connectivity index (χ1) is 11.0. The molecule has 0 aliphatic carbocycles. The van der Waals surface area contributed by atoms with E-state index in [1.54, 1.807) is 0 Å². The Hall–Kier alpha value is -2.54. The Morgan fingerprint density at radius 1 is 1.48 bits per heavy atom. The van der Waals surface area contributed by atoms with Crippen molar-refractivity contribution in [2.45, 2.75) is 13.5 Å². The standard InChI is InChI=1S/C15H17ClN4O3/c1-10-3-2-4-11(7-10)23-6-5-18-12(21)8-20-9-19-14(17)13(16)15(20)22/h2-4,7,9H,5-6,8,17H2,1H3,(H,18,21). The fourth-order valence-electron chi connectivity index (χ4n) is 1.86. The van der Waals surface area contributed by atoms with Crippen molar-refractivity contribution in [3.8, 4) is 5.75 Å². The van der Waals surface area contributed by atoms with Gasteiger partial charge in [-0.1, -0.05) is 23.7 Å². The average molecular weight is 337 g/mol. The lowest BCUT2D eigenvalue weighted by Crippen LogP contribution is -2.34. The van der Waals surface area contributed by atoms with Gasteiger partial charge in [0.15, 0.2) is 0 Å². The van der Waals surface area contributed by atoms with Crippen molar-refractivity contribution in [3.05, 3.63) is 51.5 Å². The molecule has 0 fully saturated rings. The molecule has 0 saturated heterocycles. The van der Waals surface area contributed by atoms with Gasteiger partial charge < -0.3 is 15.8 Å². The van der Waals surface area contributed by atoms with E-state index in [-0.39, 0.29) is 23.3 Å². The summed E-state index contributed by atoms with van der Waals surface area (Å²) < 4.78 is 6.61. The van der Waals surface area contributed by atoms with Crippen LogP contribution in [0.1, 0.15) is 5.56 Å². The van der Waals surface area contributed by atoms with E-state index in [0.717, 1.165) is 15.9 Å². The highest BCUT2D eigenvalue weighted by Gasteiger charge is 2.09. The van der Waals surface area contributed by atoms with Gasteiger partial charge in [-0.15, -0.1) is 0 Å². The van der Waals surface area contributed by atoms with Gasteiger partial charge in [0.2, 0.25) is 5.91 Å². The number of nitrogens with zero attached hydrogens (tertiary/aromatic N) is 2. The SMILES string of the molecule is Cc1cccc(OCCNC(=O)Cn2cnc(N)c(Cl)c2=O)c1. The Kier molecular flexibility index (Phi) is 5.59. The number of ether oxygens (including phenoxy) is 1. The van der Waals surface area contributed by atoms with E-state index in [1.165, 1.54) is 6.33 Å². The van der Waals surface area contributed by atoms with Crippen LogP contribution in [0.4, 0.5) is 5.82 Å². The van der Waals surface area contributed by atoms with Gasteiger partial charge in [-0.3, -0.25) is 14.2 Å². The van der Waals surface area contributed by atoms with Crippen molar-refractivity contribution in [2.24, 2.45) is 0 Å². The second-order valence-corrected chi connectivity index (χ2v) is 5.27. The Morgan fingerprint density at radius 3 is 3.00 bits per heavy atom. The lowest BCUT2D eigenvalue weighted by atomic mass is 10.2. The third-order valence-corrected chi connectivity index (χ3v) is 3.36. The summed E-state index contributed by atoms with van der Waals surface area (Å²) in [4.78, 5) is 27.3. The number of nitrogen functional groups attached to an aromatic ring is 1. The average Bonchev–Trinajstić information content (AvgIpc) is 2.52. The number of hydrogen-bond donors (Lipinski definition) is 2. The second kappa shape index (κ2) is 7.64. The first-order valence-corrected chi connectivity index (χ1v) is 7.31. The number of nitrogens with two attached hydrogens (primary N) is 1. The number of carbonyl (C=O) groups is 1. The van der Waals surface area contributed by atoms with Crippen molar-refractivity contribution in [3.63, 3.8) is 0 Å². The molecule has 0 atom stereocenters. The highest BCUT2D eigenvalue weighted by Crippen LogP contribution is 2.11. The highest BCUT2D eigenvalue weighted by atomic mass is 35.5. The molecule has 0 radical (unpaired) electrons. The monoisotopic (exact) mass is 336 g/mol. The molecule has 1 amide bonds. The predicted octanol–water partition coefficient (Wildman–Crippen LogP) is 0.983. The van der Waals surface area contributed by atoms with Crippen LogP contribution < -0.4 is 21.3 Å². The molecule has 3 N–H and O–H groups in total. The maximum absolute atomic E-state index is 11.8. The van der Waals surface area contributed by atoms with Gasteiger partial charge in [-0.25, -0.2) is 4.98 Å². The van der Waals surface area contributed by atoms with Crippen molar-refractivity contribution in [1.29, 1.82) is 0 Å². The number of rotatable bonds is 6. The fourth-order valence-corrected chi connectivity index (χ4v) is 2.02. The summed E-state index contributed by atoms with van der Waals surface area (Å²) in [6, 6.07) is 7.62. The van der Waals surface area contributed by atoms with Gasteiger partial charge in [-0.2, -0.15) is 0 Å². The van der Waals surface area contributed by atoms with Crippen LogP contribution in [0.2, 0.25) is 5.02 Å². The number of carbonyl (C=O) groups excluding carboxylic acids is 1. The van der Waals surface area contributed by atoms with E-state index in [0.29, 0.717) is 13.2 Å². The lowest BCUT2D eigenvalue weighted by Gasteiger charge is -2.09. The molecule has 0 spiro atoms. The van der Waals surface area contributed by atoms with Crippen molar-refractivity contribution in [1.82, 2.24) is 14.9 Å². The Balaban J connectivity index is 1.80. The van der Waals surface area contributed by atoms with E-state index < -0.39 is 5.56 Å². The molecule has 122 valence electrons. The van der Waals surface area contributed by atoms with Gasteiger partial charge in [0.25, 0.3) is 5.56 Å². The molecule has 0 unspecified atom stereocenters. The summed E-state index contributed by atoms with van der Waals surface area (Å²) in [5.74, 6) is 0.340. The molecule has 1 aromatic carbocycles. The minimum atomic E-state index is -0.551. The fraction of sp³-hybridized carbons (Fsp3) is 0.267. The maximum atomic E-state index is 11.8. The van der Waals surface area contributed by atoms with Crippen LogP contribution in [0.5, 0.6) is 5.75 Å². The molecule has 1 aromatic heterocycles. The van der Waals surface area contributed by atoms with Gasteiger partial charge in [0.1, 0.15) is 36.1 Å². The summed E-state index contributed by atoms with van der Waals surface area (Å²) >= 11 is 5.70. The zero-order valence-electron chi connectivity index (χ0n) is 12.6. The highest BCUT2D eigenvalue weighted by molar-refractivity contribution is 6.32. The number of hydrogen-bond acceptors (Lipinski definition) is 5. The number of aromatic nitrogens is 2. The van der Waals surface area contributed by atoms with E-state index in [2.05, 4.69) is 10.3 Å². The first kappa shape index (κ1) is 16.8. The topological polar surface area (TPSA) is 99.2 Å². The van der Waals surface area contributed by atoms with Crippen molar-refractivity contribution in [2.75, 3.05) is 18.9 Å². The number of aryl methyl sites for hydroxylation is 1. The van der Waals surface area contributed by atoms with Crippen LogP contribution in [0.3, 0.4) is 0 Å². The van der Waals surface area contributed by atoms with Gasteiger partial charge in [0, 0.05) is 0 Å². The van der Waals surface area contributed by atoms with Crippen molar-refractivity contribution >= 4 is 23.3 Å². The Bertz CT molecular complexity index is 761. The number of amides is 1. The van der Waals surface area contributed by atoms with Gasteiger partial charge in [0.05, 0.1) is 6.54 Å². The molecule has 0 saturated carbocycles.